The fourth-order valence-corrected chi connectivity index (χ4v) is 3.51. The van der Waals surface area contributed by atoms with Gasteiger partial charge in [0, 0.05) is 34.5 Å². The number of nitrogens with zero attached hydrogens (tertiary/aromatic N) is 1. The van der Waals surface area contributed by atoms with Crippen molar-refractivity contribution < 1.29 is 9.13 Å². The minimum absolute atomic E-state index is 0.227. The number of halogens is 1. The van der Waals surface area contributed by atoms with E-state index in [0.29, 0.717) is 17.2 Å². The van der Waals surface area contributed by atoms with Crippen molar-refractivity contribution in [3.63, 3.8) is 0 Å². The van der Waals surface area contributed by atoms with Crippen molar-refractivity contribution in [2.75, 3.05) is 7.11 Å². The number of hydrogen-bond acceptors (Lipinski definition) is 2. The molecule has 0 aliphatic heterocycles. The first-order valence-electron chi connectivity index (χ1n) is 11.6. The Morgan fingerprint density at radius 1 is 1.00 bits per heavy atom. The summed E-state index contributed by atoms with van der Waals surface area (Å²) in [5.74, 6) is 0.816. The van der Waals surface area contributed by atoms with Crippen molar-refractivity contribution in [2.24, 2.45) is 0 Å². The standard InChI is InChI=1S/C23H32FNO.2C2H6/c1-8-10-16(9-2)21-12-11-17(15(3)25-21)18-13-19(23(4,5)6)20(24)14-22(18)26-7;2*1-2/h11-14,16H,8-10H2,1-7H3;2*1-2H3. The van der Waals surface area contributed by atoms with Crippen LogP contribution in [0.15, 0.2) is 24.3 Å². The van der Waals surface area contributed by atoms with Gasteiger partial charge in [-0.2, -0.15) is 0 Å². The molecular formula is C27H44FNO. The molecule has 3 heteroatoms. The molecule has 170 valence electrons. The Balaban J connectivity index is 0.00000198. The number of aromatic nitrogens is 1. The van der Waals surface area contributed by atoms with Gasteiger partial charge < -0.3 is 4.74 Å². The smallest absolute Gasteiger partial charge is 0.130 e. The predicted octanol–water partition coefficient (Wildman–Crippen LogP) is 8.85. The lowest BCUT2D eigenvalue weighted by Crippen LogP contribution is -2.14. The van der Waals surface area contributed by atoms with Gasteiger partial charge in [0.25, 0.3) is 0 Å². The number of benzene rings is 1. The second-order valence-electron chi connectivity index (χ2n) is 8.05. The number of rotatable bonds is 6. The second-order valence-corrected chi connectivity index (χ2v) is 8.05. The third-order valence-corrected chi connectivity index (χ3v) is 5.04. The lowest BCUT2D eigenvalue weighted by atomic mass is 9.84. The van der Waals surface area contributed by atoms with Crippen LogP contribution in [-0.4, -0.2) is 12.1 Å². The third kappa shape index (κ3) is 7.11. The molecule has 2 nitrogen and oxygen atoms in total. The van der Waals surface area contributed by atoms with E-state index in [-0.39, 0.29) is 11.2 Å². The molecule has 1 aromatic heterocycles. The van der Waals surface area contributed by atoms with Crippen LogP contribution in [0.4, 0.5) is 4.39 Å². The van der Waals surface area contributed by atoms with Gasteiger partial charge in [-0.05, 0) is 42.9 Å². The lowest BCUT2D eigenvalue weighted by Gasteiger charge is -2.23. The maximum Gasteiger partial charge on any atom is 0.130 e. The normalized spacial score (nSPS) is 11.6. The first kappa shape index (κ1) is 28.1. The Morgan fingerprint density at radius 2 is 1.60 bits per heavy atom. The van der Waals surface area contributed by atoms with E-state index in [1.54, 1.807) is 7.11 Å². The largest absolute Gasteiger partial charge is 0.496 e. The molecule has 1 heterocycles. The Hall–Kier alpha value is -1.90. The Labute approximate surface area is 185 Å². The fraction of sp³-hybridized carbons (Fsp3) is 0.593. The second kappa shape index (κ2) is 13.4. The van der Waals surface area contributed by atoms with Gasteiger partial charge in [0.05, 0.1) is 7.11 Å². The van der Waals surface area contributed by atoms with E-state index in [4.69, 9.17) is 9.72 Å². The first-order valence-corrected chi connectivity index (χ1v) is 11.6. The van der Waals surface area contributed by atoms with Crippen LogP contribution in [0, 0.1) is 12.7 Å². The van der Waals surface area contributed by atoms with Crippen molar-refractivity contribution in [3.8, 4) is 16.9 Å². The van der Waals surface area contributed by atoms with Crippen LogP contribution in [0.3, 0.4) is 0 Å². The average molecular weight is 418 g/mol. The summed E-state index contributed by atoms with van der Waals surface area (Å²) < 4.78 is 20.0. The van der Waals surface area contributed by atoms with Gasteiger partial charge in [0.2, 0.25) is 0 Å². The molecule has 0 fully saturated rings. The molecule has 0 aliphatic carbocycles. The summed E-state index contributed by atoms with van der Waals surface area (Å²) in [4.78, 5) is 4.88. The zero-order chi connectivity index (χ0) is 23.5. The summed E-state index contributed by atoms with van der Waals surface area (Å²) in [6.45, 7) is 20.5. The Morgan fingerprint density at radius 3 is 2.03 bits per heavy atom. The zero-order valence-corrected chi connectivity index (χ0v) is 21.2. The van der Waals surface area contributed by atoms with E-state index >= 15 is 0 Å². The molecule has 0 N–H and O–H groups in total. The number of aryl methyl sites for hydroxylation is 1. The maximum absolute atomic E-state index is 14.5. The van der Waals surface area contributed by atoms with Gasteiger partial charge in [-0.15, -0.1) is 0 Å². The molecule has 0 radical (unpaired) electrons. The predicted molar refractivity (Wildman–Crippen MR) is 130 cm³/mol. The van der Waals surface area contributed by atoms with Crippen molar-refractivity contribution in [1.82, 2.24) is 4.98 Å². The van der Waals surface area contributed by atoms with Gasteiger partial charge in [-0.25, -0.2) is 4.39 Å². The van der Waals surface area contributed by atoms with Crippen LogP contribution in [-0.2, 0) is 5.41 Å². The molecule has 1 unspecified atom stereocenters. The van der Waals surface area contributed by atoms with Crippen molar-refractivity contribution >= 4 is 0 Å². The van der Waals surface area contributed by atoms with E-state index in [1.807, 2.05) is 61.5 Å². The molecule has 2 aromatic rings. The molecule has 0 amide bonds. The summed E-state index contributed by atoms with van der Waals surface area (Å²) in [6.07, 6.45) is 3.39. The lowest BCUT2D eigenvalue weighted by molar-refractivity contribution is 0.410. The highest BCUT2D eigenvalue weighted by Gasteiger charge is 2.23. The number of hydrogen-bond donors (Lipinski definition) is 0. The maximum atomic E-state index is 14.5. The Bertz CT molecular complexity index is 762. The summed E-state index contributed by atoms with van der Waals surface area (Å²) in [5, 5.41) is 0. The fourth-order valence-electron chi connectivity index (χ4n) is 3.51. The Kier molecular flexibility index (Phi) is 12.6. The molecule has 0 bridgehead atoms. The van der Waals surface area contributed by atoms with Gasteiger partial charge in [-0.1, -0.05) is 74.8 Å². The summed E-state index contributed by atoms with van der Waals surface area (Å²) in [7, 11) is 1.58. The molecule has 1 aromatic carbocycles. The highest BCUT2D eigenvalue weighted by atomic mass is 19.1. The van der Waals surface area contributed by atoms with Crippen LogP contribution < -0.4 is 4.74 Å². The summed E-state index contributed by atoms with van der Waals surface area (Å²) >= 11 is 0. The number of ether oxygens (including phenoxy) is 1. The van der Waals surface area contributed by atoms with Gasteiger partial charge in [0.1, 0.15) is 11.6 Å². The molecule has 0 aliphatic rings. The highest BCUT2D eigenvalue weighted by molar-refractivity contribution is 5.73. The molecule has 1 atom stereocenters. The number of pyridine rings is 1. The van der Waals surface area contributed by atoms with Gasteiger partial charge >= 0.3 is 0 Å². The minimum Gasteiger partial charge on any atom is -0.496 e. The van der Waals surface area contributed by atoms with Crippen molar-refractivity contribution in [1.29, 1.82) is 0 Å². The molecule has 0 saturated heterocycles. The zero-order valence-electron chi connectivity index (χ0n) is 21.2. The van der Waals surface area contributed by atoms with Crippen LogP contribution >= 0.6 is 0 Å². The monoisotopic (exact) mass is 417 g/mol. The quantitative estimate of drug-likeness (QED) is 0.468. The van der Waals surface area contributed by atoms with Gasteiger partial charge in [0.15, 0.2) is 0 Å². The van der Waals surface area contributed by atoms with Crippen LogP contribution in [0.1, 0.15) is 104 Å². The highest BCUT2D eigenvalue weighted by Crippen LogP contribution is 2.38. The van der Waals surface area contributed by atoms with Crippen LogP contribution in [0.2, 0.25) is 0 Å². The third-order valence-electron chi connectivity index (χ3n) is 5.04. The van der Waals surface area contributed by atoms with E-state index in [9.17, 15) is 4.39 Å². The van der Waals surface area contributed by atoms with E-state index in [0.717, 1.165) is 41.8 Å². The molecule has 0 spiro atoms. The van der Waals surface area contributed by atoms with Crippen LogP contribution in [0.25, 0.3) is 11.1 Å². The van der Waals surface area contributed by atoms with Crippen molar-refractivity contribution in [2.45, 2.75) is 99.8 Å². The SMILES string of the molecule is CC.CC.CCCC(CC)c1ccc(-c2cc(C(C)(C)C)c(F)cc2OC)c(C)n1. The van der Waals surface area contributed by atoms with Gasteiger partial charge in [-0.3, -0.25) is 4.98 Å². The summed E-state index contributed by atoms with van der Waals surface area (Å²) in [5.41, 5.74) is 4.42. The van der Waals surface area contributed by atoms with E-state index < -0.39 is 0 Å². The minimum atomic E-state index is -0.277. The van der Waals surface area contributed by atoms with Crippen molar-refractivity contribution in [3.05, 3.63) is 47.0 Å². The average Bonchev–Trinajstić information content (AvgIpc) is 2.74. The number of methoxy groups -OCH3 is 1. The first-order chi connectivity index (χ1) is 14.2. The summed E-state index contributed by atoms with van der Waals surface area (Å²) in [6, 6.07) is 7.64. The van der Waals surface area contributed by atoms with E-state index in [2.05, 4.69) is 26.0 Å². The molecule has 2 rings (SSSR count). The molecule has 30 heavy (non-hydrogen) atoms. The van der Waals surface area contributed by atoms with Crippen LogP contribution in [0.5, 0.6) is 5.75 Å². The molecular weight excluding hydrogens is 373 g/mol. The topological polar surface area (TPSA) is 22.1 Å². The molecule has 0 saturated carbocycles. The van der Waals surface area contributed by atoms with E-state index in [1.165, 1.54) is 6.07 Å².